The number of aromatic hydroxyl groups is 1. The van der Waals surface area contributed by atoms with Crippen LogP contribution < -0.4 is 0 Å². The number of phenolic OH excluding ortho intramolecular Hbond substituents is 1. The number of phenols is 1. The van der Waals surface area contributed by atoms with E-state index >= 15 is 0 Å². The molecule has 0 aliphatic heterocycles. The largest absolute Gasteiger partial charge is 0.508 e. The van der Waals surface area contributed by atoms with E-state index in [0.717, 1.165) is 29.2 Å². The zero-order chi connectivity index (χ0) is 11.4. The summed E-state index contributed by atoms with van der Waals surface area (Å²) in [6.07, 6.45) is 2.03. The first-order valence-corrected chi connectivity index (χ1v) is 5.51. The fourth-order valence-electron chi connectivity index (χ4n) is 1.60. The van der Waals surface area contributed by atoms with Crippen LogP contribution in [0, 0.1) is 11.8 Å². The maximum Gasteiger partial charge on any atom is 0.116 e. The van der Waals surface area contributed by atoms with E-state index in [1.165, 1.54) is 0 Å². The van der Waals surface area contributed by atoms with E-state index in [1.54, 1.807) is 12.1 Å². The minimum absolute atomic E-state index is 0.303. The van der Waals surface area contributed by atoms with Crippen molar-refractivity contribution >= 4 is 10.8 Å². The zero-order valence-corrected chi connectivity index (χ0v) is 9.33. The molecule has 0 aromatic heterocycles. The average Bonchev–Trinajstić information content (AvgIpc) is 2.29. The predicted molar refractivity (Wildman–Crippen MR) is 67.4 cm³/mol. The van der Waals surface area contributed by atoms with Crippen molar-refractivity contribution in [1.82, 2.24) is 0 Å². The molecule has 1 N–H and O–H groups in total. The molecule has 0 fully saturated rings. The highest BCUT2D eigenvalue weighted by atomic mass is 16.3. The lowest BCUT2D eigenvalue weighted by Gasteiger charge is -1.99. The fraction of sp³-hybridized carbons (Fsp3) is 0.200. The molecule has 0 aliphatic carbocycles. The highest BCUT2D eigenvalue weighted by Gasteiger charge is 1.95. The Labute approximate surface area is 95.7 Å². The number of unbranched alkanes of at least 4 members (excludes halogenated alkanes) is 1. The predicted octanol–water partition coefficient (Wildman–Crippen LogP) is 3.70. The summed E-state index contributed by atoms with van der Waals surface area (Å²) in [4.78, 5) is 0. The molecule has 0 saturated carbocycles. The van der Waals surface area contributed by atoms with Crippen LogP contribution in [0.4, 0.5) is 0 Å². The first-order valence-electron chi connectivity index (χ1n) is 5.51. The molecule has 0 aliphatic rings. The van der Waals surface area contributed by atoms with Gasteiger partial charge in [0.05, 0.1) is 0 Å². The Bertz CT molecular complexity index is 558. The lowest BCUT2D eigenvalue weighted by atomic mass is 10.1. The van der Waals surface area contributed by atoms with Gasteiger partial charge in [0, 0.05) is 12.0 Å². The van der Waals surface area contributed by atoms with Crippen LogP contribution in [0.25, 0.3) is 10.8 Å². The van der Waals surface area contributed by atoms with Crippen LogP contribution >= 0.6 is 0 Å². The molecule has 1 nitrogen and oxygen atoms in total. The summed E-state index contributed by atoms with van der Waals surface area (Å²) in [5.74, 6) is 6.57. The minimum Gasteiger partial charge on any atom is -0.508 e. The summed E-state index contributed by atoms with van der Waals surface area (Å²) in [5, 5.41) is 11.5. The second-order valence-electron chi connectivity index (χ2n) is 3.80. The van der Waals surface area contributed by atoms with Gasteiger partial charge < -0.3 is 5.11 Å². The molecule has 0 amide bonds. The summed E-state index contributed by atoms with van der Waals surface area (Å²) in [6.45, 7) is 2.12. The van der Waals surface area contributed by atoms with Crippen molar-refractivity contribution in [1.29, 1.82) is 0 Å². The van der Waals surface area contributed by atoms with Gasteiger partial charge in [-0.1, -0.05) is 30.9 Å². The van der Waals surface area contributed by atoms with Gasteiger partial charge >= 0.3 is 0 Å². The maximum absolute atomic E-state index is 9.34. The lowest BCUT2D eigenvalue weighted by Crippen LogP contribution is -1.77. The van der Waals surface area contributed by atoms with Gasteiger partial charge in [0.15, 0.2) is 0 Å². The van der Waals surface area contributed by atoms with Crippen LogP contribution in [0.1, 0.15) is 25.3 Å². The molecule has 0 unspecified atom stereocenters. The van der Waals surface area contributed by atoms with Gasteiger partial charge in [-0.15, -0.1) is 0 Å². The molecule has 0 atom stereocenters. The van der Waals surface area contributed by atoms with E-state index in [0.29, 0.717) is 5.75 Å². The molecular formula is C15H14O. The highest BCUT2D eigenvalue weighted by Crippen LogP contribution is 2.20. The van der Waals surface area contributed by atoms with Crippen LogP contribution in [0.5, 0.6) is 5.75 Å². The third kappa shape index (κ3) is 2.35. The topological polar surface area (TPSA) is 20.2 Å². The van der Waals surface area contributed by atoms with Gasteiger partial charge in [-0.05, 0) is 41.5 Å². The molecule has 0 heterocycles. The van der Waals surface area contributed by atoms with Crippen LogP contribution in [0.3, 0.4) is 0 Å². The van der Waals surface area contributed by atoms with Crippen LogP contribution in [-0.2, 0) is 0 Å². The van der Waals surface area contributed by atoms with Crippen molar-refractivity contribution in [3.05, 3.63) is 42.0 Å². The highest BCUT2D eigenvalue weighted by molar-refractivity contribution is 5.85. The van der Waals surface area contributed by atoms with Crippen LogP contribution in [0.2, 0.25) is 0 Å². The fourth-order valence-corrected chi connectivity index (χ4v) is 1.60. The Kier molecular flexibility index (Phi) is 3.12. The normalized spacial score (nSPS) is 9.81. The summed E-state index contributed by atoms with van der Waals surface area (Å²) in [7, 11) is 0. The Morgan fingerprint density at radius 2 is 1.81 bits per heavy atom. The second kappa shape index (κ2) is 4.72. The molecule has 0 saturated heterocycles. The van der Waals surface area contributed by atoms with Crippen molar-refractivity contribution < 1.29 is 5.11 Å². The van der Waals surface area contributed by atoms with Crippen molar-refractivity contribution in [2.24, 2.45) is 0 Å². The quantitative estimate of drug-likeness (QED) is 0.711. The van der Waals surface area contributed by atoms with E-state index in [9.17, 15) is 5.11 Å². The molecule has 2 aromatic rings. The molecule has 0 spiro atoms. The standard InChI is InChI=1S/C15H14O/c1-2-3-4-5-12-6-7-14-11-15(16)9-8-13(14)10-12/h6-11,16H,2-3H2,1H3. The van der Waals surface area contributed by atoms with E-state index in [1.807, 2.05) is 18.2 Å². The van der Waals surface area contributed by atoms with Crippen molar-refractivity contribution in [3.63, 3.8) is 0 Å². The van der Waals surface area contributed by atoms with Crippen molar-refractivity contribution in [2.45, 2.75) is 19.8 Å². The maximum atomic E-state index is 9.34. The van der Waals surface area contributed by atoms with Crippen molar-refractivity contribution in [3.8, 4) is 17.6 Å². The summed E-state index contributed by atoms with van der Waals surface area (Å²) in [5.41, 5.74) is 1.03. The first kappa shape index (κ1) is 10.6. The van der Waals surface area contributed by atoms with Gasteiger partial charge in [-0.3, -0.25) is 0 Å². The summed E-state index contributed by atoms with van der Waals surface area (Å²) < 4.78 is 0. The monoisotopic (exact) mass is 210 g/mol. The third-order valence-electron chi connectivity index (χ3n) is 2.43. The molecule has 2 rings (SSSR count). The first-order chi connectivity index (χ1) is 7.79. The van der Waals surface area contributed by atoms with E-state index in [4.69, 9.17) is 0 Å². The molecule has 16 heavy (non-hydrogen) atoms. The van der Waals surface area contributed by atoms with Gasteiger partial charge in [-0.2, -0.15) is 0 Å². The molecular weight excluding hydrogens is 196 g/mol. The summed E-state index contributed by atoms with van der Waals surface area (Å²) in [6, 6.07) is 11.4. The molecule has 2 aromatic carbocycles. The number of hydrogen-bond donors (Lipinski definition) is 1. The van der Waals surface area contributed by atoms with E-state index in [-0.39, 0.29) is 0 Å². The Balaban J connectivity index is 2.38. The van der Waals surface area contributed by atoms with Gasteiger partial charge in [0.2, 0.25) is 0 Å². The SMILES string of the molecule is CCCC#Cc1ccc2cc(O)ccc2c1. The molecule has 0 bridgehead atoms. The Morgan fingerprint density at radius 1 is 1.06 bits per heavy atom. The Hall–Kier alpha value is -1.94. The summed E-state index contributed by atoms with van der Waals surface area (Å²) >= 11 is 0. The van der Waals surface area contributed by atoms with Crippen molar-refractivity contribution in [2.75, 3.05) is 0 Å². The molecule has 0 radical (unpaired) electrons. The number of fused-ring (bicyclic) bond motifs is 1. The molecule has 80 valence electrons. The average molecular weight is 210 g/mol. The number of rotatable bonds is 1. The van der Waals surface area contributed by atoms with E-state index in [2.05, 4.69) is 24.8 Å². The minimum atomic E-state index is 0.303. The number of benzene rings is 2. The smallest absolute Gasteiger partial charge is 0.116 e. The van der Waals surface area contributed by atoms with Crippen LogP contribution in [-0.4, -0.2) is 5.11 Å². The Morgan fingerprint density at radius 3 is 2.62 bits per heavy atom. The van der Waals surface area contributed by atoms with E-state index < -0.39 is 0 Å². The van der Waals surface area contributed by atoms with Gasteiger partial charge in [0.1, 0.15) is 5.75 Å². The zero-order valence-electron chi connectivity index (χ0n) is 9.33. The van der Waals surface area contributed by atoms with Gasteiger partial charge in [0.25, 0.3) is 0 Å². The van der Waals surface area contributed by atoms with Crippen LogP contribution in [0.15, 0.2) is 36.4 Å². The lowest BCUT2D eigenvalue weighted by molar-refractivity contribution is 0.476. The second-order valence-corrected chi connectivity index (χ2v) is 3.80. The molecule has 1 heteroatoms. The third-order valence-corrected chi connectivity index (χ3v) is 2.43. The van der Waals surface area contributed by atoms with Gasteiger partial charge in [-0.25, -0.2) is 0 Å². The number of hydrogen-bond acceptors (Lipinski definition) is 1.